The molecular formula is C17H21NO4S2. The highest BCUT2D eigenvalue weighted by Gasteiger charge is 2.21. The summed E-state index contributed by atoms with van der Waals surface area (Å²) in [6.45, 7) is 0.243. The lowest BCUT2D eigenvalue weighted by molar-refractivity contribution is 0.354. The molecule has 0 heterocycles. The number of nitrogens with zero attached hydrogens (tertiary/aromatic N) is 1. The molecule has 0 saturated heterocycles. The number of benzene rings is 2. The number of hydrogen-bond donors (Lipinski definition) is 0. The van der Waals surface area contributed by atoms with Crippen LogP contribution in [-0.2, 0) is 16.6 Å². The topological polar surface area (TPSA) is 55.8 Å². The van der Waals surface area contributed by atoms with Gasteiger partial charge in [0.15, 0.2) is 11.5 Å². The molecule has 0 aromatic heterocycles. The Morgan fingerprint density at radius 3 is 2.17 bits per heavy atom. The van der Waals surface area contributed by atoms with Gasteiger partial charge in [0.05, 0.1) is 19.1 Å². The minimum Gasteiger partial charge on any atom is -0.493 e. The number of methoxy groups -OCH3 is 2. The van der Waals surface area contributed by atoms with E-state index in [-0.39, 0.29) is 11.4 Å². The molecule has 0 N–H and O–H groups in total. The van der Waals surface area contributed by atoms with E-state index < -0.39 is 10.0 Å². The highest BCUT2D eigenvalue weighted by atomic mass is 32.2. The van der Waals surface area contributed by atoms with Gasteiger partial charge in [0.2, 0.25) is 10.0 Å². The van der Waals surface area contributed by atoms with Crippen LogP contribution in [0.4, 0.5) is 0 Å². The van der Waals surface area contributed by atoms with E-state index in [0.717, 1.165) is 10.5 Å². The smallest absolute Gasteiger partial charge is 0.243 e. The average Bonchev–Trinajstić information content (AvgIpc) is 2.61. The van der Waals surface area contributed by atoms with Crippen LogP contribution in [0, 0.1) is 0 Å². The van der Waals surface area contributed by atoms with Gasteiger partial charge in [-0.15, -0.1) is 11.8 Å². The van der Waals surface area contributed by atoms with Gasteiger partial charge < -0.3 is 9.47 Å². The maximum absolute atomic E-state index is 12.7. The Morgan fingerprint density at radius 1 is 1.00 bits per heavy atom. The molecule has 0 unspecified atom stereocenters. The molecule has 24 heavy (non-hydrogen) atoms. The normalized spacial score (nSPS) is 11.5. The monoisotopic (exact) mass is 367 g/mol. The fourth-order valence-electron chi connectivity index (χ4n) is 2.25. The van der Waals surface area contributed by atoms with Crippen molar-refractivity contribution in [2.45, 2.75) is 16.3 Å². The third-order valence-corrected chi connectivity index (χ3v) is 6.18. The number of rotatable bonds is 7. The standard InChI is InChI=1S/C17H21NO4S2/c1-18(12-13-5-10-16(21-2)17(11-13)22-3)24(19,20)15-8-6-14(23-4)7-9-15/h5-11H,12H2,1-4H3. The Bertz CT molecular complexity index is 789. The molecule has 0 spiro atoms. The van der Waals surface area contributed by atoms with Crippen LogP contribution in [0.3, 0.4) is 0 Å². The fraction of sp³-hybridized carbons (Fsp3) is 0.294. The van der Waals surface area contributed by atoms with Crippen molar-refractivity contribution in [3.8, 4) is 11.5 Å². The van der Waals surface area contributed by atoms with Crippen LogP contribution in [0.25, 0.3) is 0 Å². The summed E-state index contributed by atoms with van der Waals surface area (Å²) < 4.78 is 37.1. The predicted octanol–water partition coefficient (Wildman–Crippen LogP) is 3.25. The van der Waals surface area contributed by atoms with E-state index in [0.29, 0.717) is 11.5 Å². The number of hydrogen-bond acceptors (Lipinski definition) is 5. The molecular weight excluding hydrogens is 346 g/mol. The maximum atomic E-state index is 12.7. The Balaban J connectivity index is 2.22. The molecule has 0 aliphatic rings. The lowest BCUT2D eigenvalue weighted by Gasteiger charge is -2.18. The van der Waals surface area contributed by atoms with Gasteiger partial charge in [-0.25, -0.2) is 8.42 Å². The SMILES string of the molecule is COc1ccc(CN(C)S(=O)(=O)c2ccc(SC)cc2)cc1OC. The van der Waals surface area contributed by atoms with Crippen LogP contribution in [-0.4, -0.2) is 40.2 Å². The van der Waals surface area contributed by atoms with E-state index in [1.807, 2.05) is 24.5 Å². The van der Waals surface area contributed by atoms with Crippen molar-refractivity contribution in [3.63, 3.8) is 0 Å². The molecule has 130 valence electrons. The molecule has 2 aromatic carbocycles. The minimum absolute atomic E-state index is 0.243. The Kier molecular flexibility index (Phi) is 6.15. The number of thioether (sulfide) groups is 1. The third kappa shape index (κ3) is 4.03. The first-order chi connectivity index (χ1) is 11.4. The molecule has 0 saturated carbocycles. The largest absolute Gasteiger partial charge is 0.493 e. The van der Waals surface area contributed by atoms with Gasteiger partial charge in [-0.3, -0.25) is 0 Å². The van der Waals surface area contributed by atoms with Crippen LogP contribution in [0.1, 0.15) is 5.56 Å². The first-order valence-electron chi connectivity index (χ1n) is 7.23. The minimum atomic E-state index is -3.55. The van der Waals surface area contributed by atoms with Crippen LogP contribution < -0.4 is 9.47 Å². The van der Waals surface area contributed by atoms with E-state index >= 15 is 0 Å². The van der Waals surface area contributed by atoms with E-state index in [2.05, 4.69) is 0 Å². The number of sulfonamides is 1. The molecule has 0 atom stereocenters. The fourth-order valence-corrected chi connectivity index (χ4v) is 3.82. The first-order valence-corrected chi connectivity index (χ1v) is 9.90. The predicted molar refractivity (Wildman–Crippen MR) is 96.4 cm³/mol. The van der Waals surface area contributed by atoms with Crippen molar-refractivity contribution in [1.82, 2.24) is 4.31 Å². The van der Waals surface area contributed by atoms with Crippen LogP contribution in [0.2, 0.25) is 0 Å². The molecule has 5 nitrogen and oxygen atoms in total. The average molecular weight is 367 g/mol. The van der Waals surface area contributed by atoms with Crippen molar-refractivity contribution in [3.05, 3.63) is 48.0 Å². The van der Waals surface area contributed by atoms with Gasteiger partial charge in [-0.1, -0.05) is 6.07 Å². The van der Waals surface area contributed by atoms with E-state index in [1.165, 1.54) is 4.31 Å². The zero-order valence-corrected chi connectivity index (χ0v) is 15.8. The van der Waals surface area contributed by atoms with Crippen LogP contribution in [0.15, 0.2) is 52.3 Å². The van der Waals surface area contributed by atoms with Crippen molar-refractivity contribution < 1.29 is 17.9 Å². The second kappa shape index (κ2) is 7.92. The lowest BCUT2D eigenvalue weighted by atomic mass is 10.2. The Morgan fingerprint density at radius 2 is 1.62 bits per heavy atom. The summed E-state index contributed by atoms with van der Waals surface area (Å²) in [6.07, 6.45) is 1.95. The zero-order chi connectivity index (χ0) is 17.7. The Labute approximate surface area is 147 Å². The van der Waals surface area contributed by atoms with Crippen molar-refractivity contribution in [2.75, 3.05) is 27.5 Å². The van der Waals surface area contributed by atoms with Gasteiger partial charge in [-0.05, 0) is 48.2 Å². The highest BCUT2D eigenvalue weighted by Crippen LogP contribution is 2.28. The summed E-state index contributed by atoms with van der Waals surface area (Å²) in [5.74, 6) is 1.18. The molecule has 2 aromatic rings. The summed E-state index contributed by atoms with van der Waals surface area (Å²) in [5, 5.41) is 0. The van der Waals surface area contributed by atoms with Crippen molar-refractivity contribution >= 4 is 21.8 Å². The molecule has 0 amide bonds. The zero-order valence-electron chi connectivity index (χ0n) is 14.1. The molecule has 0 aliphatic heterocycles. The number of ether oxygens (including phenoxy) is 2. The van der Waals surface area contributed by atoms with Crippen LogP contribution in [0.5, 0.6) is 11.5 Å². The Hall–Kier alpha value is -1.70. The van der Waals surface area contributed by atoms with Gasteiger partial charge in [0.1, 0.15) is 0 Å². The summed E-state index contributed by atoms with van der Waals surface area (Å²) in [5.41, 5.74) is 0.819. The van der Waals surface area contributed by atoms with E-state index in [1.54, 1.807) is 57.3 Å². The van der Waals surface area contributed by atoms with Gasteiger partial charge >= 0.3 is 0 Å². The molecule has 0 bridgehead atoms. The van der Waals surface area contributed by atoms with Gasteiger partial charge in [0.25, 0.3) is 0 Å². The summed E-state index contributed by atoms with van der Waals surface area (Å²) >= 11 is 1.57. The van der Waals surface area contributed by atoms with E-state index in [9.17, 15) is 8.42 Å². The maximum Gasteiger partial charge on any atom is 0.243 e. The first kappa shape index (κ1) is 18.6. The summed E-state index contributed by atoms with van der Waals surface area (Å²) in [7, 11) is 1.13. The lowest BCUT2D eigenvalue weighted by Crippen LogP contribution is -2.26. The molecule has 7 heteroatoms. The summed E-state index contributed by atoms with van der Waals surface area (Å²) in [6, 6.07) is 12.2. The van der Waals surface area contributed by atoms with E-state index in [4.69, 9.17) is 9.47 Å². The summed E-state index contributed by atoms with van der Waals surface area (Å²) in [4.78, 5) is 1.31. The quantitative estimate of drug-likeness (QED) is 0.703. The second-order valence-electron chi connectivity index (χ2n) is 5.13. The van der Waals surface area contributed by atoms with Gasteiger partial charge in [0, 0.05) is 18.5 Å². The van der Waals surface area contributed by atoms with Crippen molar-refractivity contribution in [1.29, 1.82) is 0 Å². The van der Waals surface area contributed by atoms with Crippen LogP contribution >= 0.6 is 11.8 Å². The highest BCUT2D eigenvalue weighted by molar-refractivity contribution is 7.98. The van der Waals surface area contributed by atoms with Crippen molar-refractivity contribution in [2.24, 2.45) is 0 Å². The van der Waals surface area contributed by atoms with Gasteiger partial charge in [-0.2, -0.15) is 4.31 Å². The molecule has 0 fully saturated rings. The molecule has 0 radical (unpaired) electrons. The third-order valence-electron chi connectivity index (χ3n) is 3.62. The molecule has 2 rings (SSSR count). The molecule has 0 aliphatic carbocycles. The second-order valence-corrected chi connectivity index (χ2v) is 8.05.